The first-order valence-corrected chi connectivity index (χ1v) is 3.77. The highest BCUT2D eigenvalue weighted by atomic mass is 19.1. The summed E-state index contributed by atoms with van der Waals surface area (Å²) in [7, 11) is 0. The number of rotatable bonds is 1. The second kappa shape index (κ2) is 1.92. The van der Waals surface area contributed by atoms with Crippen molar-refractivity contribution in [2.45, 2.75) is 12.1 Å². The molecule has 0 spiro atoms. The van der Waals surface area contributed by atoms with Gasteiger partial charge in [-0.25, -0.2) is 4.39 Å². The molecule has 1 saturated heterocycles. The molecule has 0 bridgehead atoms. The van der Waals surface area contributed by atoms with Gasteiger partial charge in [0.2, 0.25) is 0 Å². The number of aliphatic hydroxyl groups excluding tert-OH is 1. The molecule has 58 valence electrons. The third-order valence-electron chi connectivity index (χ3n) is 2.87. The zero-order chi connectivity index (χ0) is 7.19. The molecule has 2 rings (SSSR count). The maximum Gasteiger partial charge on any atom is 0.138 e. The normalized spacial score (nSPS) is 52.2. The summed E-state index contributed by atoms with van der Waals surface area (Å²) in [5.41, 5.74) is -1.24. The van der Waals surface area contributed by atoms with Crippen molar-refractivity contribution in [1.82, 2.24) is 5.32 Å². The van der Waals surface area contributed by atoms with Gasteiger partial charge in [-0.05, 0) is 18.9 Å². The van der Waals surface area contributed by atoms with Crippen LogP contribution >= 0.6 is 0 Å². The van der Waals surface area contributed by atoms with E-state index in [2.05, 4.69) is 5.32 Å². The zero-order valence-electron chi connectivity index (χ0n) is 5.81. The monoisotopic (exact) mass is 145 g/mol. The number of alkyl halides is 1. The second-order valence-corrected chi connectivity index (χ2v) is 3.42. The highest BCUT2D eigenvalue weighted by Crippen LogP contribution is 2.48. The summed E-state index contributed by atoms with van der Waals surface area (Å²) in [4.78, 5) is 0. The van der Waals surface area contributed by atoms with Crippen molar-refractivity contribution in [2.75, 3.05) is 19.7 Å². The smallest absolute Gasteiger partial charge is 0.138 e. The molecule has 2 N–H and O–H groups in total. The van der Waals surface area contributed by atoms with Crippen LogP contribution < -0.4 is 5.32 Å². The average Bonchev–Trinajstić information content (AvgIpc) is 2.30. The Morgan fingerprint density at radius 2 is 2.40 bits per heavy atom. The van der Waals surface area contributed by atoms with Crippen molar-refractivity contribution in [3.05, 3.63) is 0 Å². The Kier molecular flexibility index (Phi) is 1.26. The number of fused-ring (bicyclic) bond motifs is 1. The van der Waals surface area contributed by atoms with E-state index >= 15 is 0 Å². The van der Waals surface area contributed by atoms with Crippen LogP contribution in [0.1, 0.15) is 6.42 Å². The Bertz CT molecular complexity index is 153. The zero-order valence-corrected chi connectivity index (χ0v) is 5.81. The summed E-state index contributed by atoms with van der Waals surface area (Å²) >= 11 is 0. The maximum atomic E-state index is 13.3. The number of hydrogen-bond donors (Lipinski definition) is 2. The van der Waals surface area contributed by atoms with Gasteiger partial charge in [0.15, 0.2) is 0 Å². The summed E-state index contributed by atoms with van der Waals surface area (Å²) in [5, 5.41) is 11.8. The molecule has 0 amide bonds. The SMILES string of the molecule is OCC1(F)CC2CNCC21. The van der Waals surface area contributed by atoms with E-state index in [9.17, 15) is 4.39 Å². The first-order chi connectivity index (χ1) is 4.76. The van der Waals surface area contributed by atoms with Crippen LogP contribution in [0.2, 0.25) is 0 Å². The van der Waals surface area contributed by atoms with Gasteiger partial charge in [0.05, 0.1) is 6.61 Å². The van der Waals surface area contributed by atoms with Crippen LogP contribution in [-0.4, -0.2) is 30.5 Å². The van der Waals surface area contributed by atoms with Gasteiger partial charge in [-0.15, -0.1) is 0 Å². The topological polar surface area (TPSA) is 32.3 Å². The van der Waals surface area contributed by atoms with Crippen molar-refractivity contribution in [1.29, 1.82) is 0 Å². The molecule has 2 nitrogen and oxygen atoms in total. The lowest BCUT2D eigenvalue weighted by Gasteiger charge is -2.44. The molecule has 1 heterocycles. The third kappa shape index (κ3) is 0.648. The lowest BCUT2D eigenvalue weighted by Crippen LogP contribution is -2.52. The minimum Gasteiger partial charge on any atom is -0.393 e. The van der Waals surface area contributed by atoms with E-state index in [4.69, 9.17) is 5.11 Å². The molecule has 0 aromatic carbocycles. The average molecular weight is 145 g/mol. The van der Waals surface area contributed by atoms with Crippen LogP contribution in [0, 0.1) is 11.8 Å². The molecule has 2 aliphatic rings. The van der Waals surface area contributed by atoms with Gasteiger partial charge in [-0.2, -0.15) is 0 Å². The molecule has 1 saturated carbocycles. The van der Waals surface area contributed by atoms with E-state index in [1.54, 1.807) is 0 Å². The molecular weight excluding hydrogens is 133 g/mol. The summed E-state index contributed by atoms with van der Waals surface area (Å²) in [6, 6.07) is 0. The molecule has 3 heteroatoms. The van der Waals surface area contributed by atoms with E-state index in [1.165, 1.54) is 0 Å². The van der Waals surface area contributed by atoms with Gasteiger partial charge < -0.3 is 10.4 Å². The minimum atomic E-state index is -1.24. The number of nitrogens with one attached hydrogen (secondary N) is 1. The molecular formula is C7H12FNO. The van der Waals surface area contributed by atoms with Gasteiger partial charge in [-0.3, -0.25) is 0 Å². The van der Waals surface area contributed by atoms with Crippen LogP contribution in [0.15, 0.2) is 0 Å². The predicted molar refractivity (Wildman–Crippen MR) is 35.4 cm³/mol. The van der Waals surface area contributed by atoms with Gasteiger partial charge >= 0.3 is 0 Å². The molecule has 1 aliphatic heterocycles. The largest absolute Gasteiger partial charge is 0.393 e. The minimum absolute atomic E-state index is 0.0949. The first-order valence-electron chi connectivity index (χ1n) is 3.77. The Balaban J connectivity index is 2.05. The summed E-state index contributed by atoms with van der Waals surface area (Å²) in [6.07, 6.45) is 0.557. The van der Waals surface area contributed by atoms with Crippen molar-refractivity contribution in [3.8, 4) is 0 Å². The highest BCUT2D eigenvalue weighted by molar-refractivity contribution is 5.07. The third-order valence-corrected chi connectivity index (χ3v) is 2.87. The van der Waals surface area contributed by atoms with Gasteiger partial charge in [0, 0.05) is 12.5 Å². The van der Waals surface area contributed by atoms with Gasteiger partial charge in [0.1, 0.15) is 5.67 Å². The highest BCUT2D eigenvalue weighted by Gasteiger charge is 2.56. The van der Waals surface area contributed by atoms with Crippen LogP contribution in [0.5, 0.6) is 0 Å². The van der Waals surface area contributed by atoms with Gasteiger partial charge in [0.25, 0.3) is 0 Å². The Labute approximate surface area is 59.4 Å². The lowest BCUT2D eigenvalue weighted by molar-refractivity contribution is -0.0819. The molecule has 1 aliphatic carbocycles. The molecule has 10 heavy (non-hydrogen) atoms. The number of hydrogen-bond acceptors (Lipinski definition) is 2. The van der Waals surface area contributed by atoms with Crippen LogP contribution in [-0.2, 0) is 0 Å². The van der Waals surface area contributed by atoms with E-state index in [1.807, 2.05) is 0 Å². The summed E-state index contributed by atoms with van der Waals surface area (Å²) in [5.74, 6) is 0.592. The van der Waals surface area contributed by atoms with Crippen molar-refractivity contribution >= 4 is 0 Å². The predicted octanol–water partition coefficient (Wildman–Crippen LogP) is -0.0737. The molecule has 2 fully saturated rings. The van der Waals surface area contributed by atoms with Crippen molar-refractivity contribution < 1.29 is 9.50 Å². The summed E-state index contributed by atoms with van der Waals surface area (Å²) < 4.78 is 13.3. The fraction of sp³-hybridized carbons (Fsp3) is 1.00. The number of aliphatic hydroxyl groups is 1. The van der Waals surface area contributed by atoms with Crippen LogP contribution in [0.3, 0.4) is 0 Å². The summed E-state index contributed by atoms with van der Waals surface area (Å²) in [6.45, 7) is 1.40. The maximum absolute atomic E-state index is 13.3. The van der Waals surface area contributed by atoms with Crippen LogP contribution in [0.4, 0.5) is 4.39 Å². The van der Waals surface area contributed by atoms with Crippen molar-refractivity contribution in [3.63, 3.8) is 0 Å². The molecule has 3 atom stereocenters. The van der Waals surface area contributed by atoms with E-state index in [0.717, 1.165) is 13.1 Å². The fourth-order valence-electron chi connectivity index (χ4n) is 2.16. The number of halogens is 1. The first kappa shape index (κ1) is 6.55. The van der Waals surface area contributed by atoms with E-state index in [0.29, 0.717) is 12.3 Å². The Morgan fingerprint density at radius 1 is 1.60 bits per heavy atom. The Hall–Kier alpha value is -0.150. The van der Waals surface area contributed by atoms with Crippen LogP contribution in [0.25, 0.3) is 0 Å². The van der Waals surface area contributed by atoms with Gasteiger partial charge in [-0.1, -0.05) is 0 Å². The molecule has 0 aromatic rings. The standard InChI is InChI=1S/C7H12FNO/c8-7(4-10)1-5-2-9-3-6(5)7/h5-6,9-10H,1-4H2. The van der Waals surface area contributed by atoms with E-state index in [-0.39, 0.29) is 12.5 Å². The Morgan fingerprint density at radius 3 is 3.00 bits per heavy atom. The fourth-order valence-corrected chi connectivity index (χ4v) is 2.16. The van der Waals surface area contributed by atoms with E-state index < -0.39 is 5.67 Å². The second-order valence-electron chi connectivity index (χ2n) is 3.42. The molecule has 3 unspecified atom stereocenters. The molecule has 0 radical (unpaired) electrons. The lowest BCUT2D eigenvalue weighted by atomic mass is 9.65. The quantitative estimate of drug-likeness (QED) is 0.541. The molecule has 0 aromatic heterocycles. The van der Waals surface area contributed by atoms with Crippen molar-refractivity contribution in [2.24, 2.45) is 11.8 Å².